The summed E-state index contributed by atoms with van der Waals surface area (Å²) in [5, 5.41) is 11.4. The maximum atomic E-state index is 11.9. The van der Waals surface area contributed by atoms with E-state index in [0.29, 0.717) is 16.4 Å². The topological polar surface area (TPSA) is 81.0 Å². The van der Waals surface area contributed by atoms with Crippen molar-refractivity contribution < 1.29 is 8.42 Å². The molecular weight excluding hydrogens is 326 g/mol. The molecule has 0 saturated heterocycles. The molecule has 3 aromatic rings. The van der Waals surface area contributed by atoms with Gasteiger partial charge in [-0.25, -0.2) is 0 Å². The molecular formula is C16H17N5O2S. The van der Waals surface area contributed by atoms with E-state index in [1.54, 1.807) is 0 Å². The summed E-state index contributed by atoms with van der Waals surface area (Å²) in [5.41, 5.74) is 3.24. The van der Waals surface area contributed by atoms with Gasteiger partial charge >= 0.3 is 10.2 Å². The minimum Gasteiger partial charge on any atom is -0.188 e. The largest absolute Gasteiger partial charge is 0.340 e. The van der Waals surface area contributed by atoms with Gasteiger partial charge in [0.2, 0.25) is 0 Å². The summed E-state index contributed by atoms with van der Waals surface area (Å²) in [4.78, 5) is 0. The summed E-state index contributed by atoms with van der Waals surface area (Å²) in [7, 11) is -0.891. The van der Waals surface area contributed by atoms with E-state index in [1.807, 2.05) is 54.6 Å². The molecule has 0 aliphatic rings. The van der Waals surface area contributed by atoms with E-state index < -0.39 is 10.2 Å². The Hall–Kier alpha value is -2.58. The van der Waals surface area contributed by atoms with Gasteiger partial charge in [0.25, 0.3) is 0 Å². The highest BCUT2D eigenvalue weighted by molar-refractivity contribution is 7.87. The normalized spacial score (nSPS) is 11.8. The first-order valence-corrected chi connectivity index (χ1v) is 8.73. The molecule has 0 atom stereocenters. The van der Waals surface area contributed by atoms with Crippen LogP contribution in [0.2, 0.25) is 0 Å². The number of tetrazole rings is 1. The van der Waals surface area contributed by atoms with Gasteiger partial charge in [0, 0.05) is 20.5 Å². The minimum absolute atomic E-state index is 0.355. The maximum absolute atomic E-state index is 11.9. The lowest BCUT2D eigenvalue weighted by atomic mass is 10.0. The molecule has 0 fully saturated rings. The third-order valence-corrected chi connectivity index (χ3v) is 5.02. The van der Waals surface area contributed by atoms with Gasteiger partial charge in [0.1, 0.15) is 0 Å². The Bertz CT molecular complexity index is 919. The van der Waals surface area contributed by atoms with Crippen molar-refractivity contribution in [3.63, 3.8) is 0 Å². The number of nitrogens with zero attached hydrogens (tertiary/aromatic N) is 5. The van der Waals surface area contributed by atoms with Crippen molar-refractivity contribution in [1.82, 2.24) is 23.9 Å². The smallest absolute Gasteiger partial charge is 0.188 e. The van der Waals surface area contributed by atoms with Crippen LogP contribution in [0.25, 0.3) is 11.1 Å². The van der Waals surface area contributed by atoms with Gasteiger partial charge in [-0.1, -0.05) is 54.6 Å². The van der Waals surface area contributed by atoms with Gasteiger partial charge in [-0.2, -0.15) is 12.7 Å². The summed E-state index contributed by atoms with van der Waals surface area (Å²) in [6.07, 6.45) is 0.415. The molecule has 1 aromatic heterocycles. The third kappa shape index (κ3) is 3.34. The van der Waals surface area contributed by atoms with Gasteiger partial charge in [-0.05, 0) is 26.1 Å². The van der Waals surface area contributed by atoms with Crippen LogP contribution in [-0.2, 0) is 16.6 Å². The lowest BCUT2D eigenvalue weighted by molar-refractivity contribution is 0.491. The van der Waals surface area contributed by atoms with E-state index >= 15 is 0 Å². The molecule has 8 heteroatoms. The Morgan fingerprint density at radius 2 is 1.58 bits per heavy atom. The molecule has 0 bridgehead atoms. The van der Waals surface area contributed by atoms with Crippen molar-refractivity contribution in [1.29, 1.82) is 0 Å². The molecule has 0 amide bonds. The zero-order valence-corrected chi connectivity index (χ0v) is 14.2. The van der Waals surface area contributed by atoms with E-state index in [4.69, 9.17) is 0 Å². The minimum atomic E-state index is -3.73. The summed E-state index contributed by atoms with van der Waals surface area (Å²) in [6.45, 7) is 0. The second kappa shape index (κ2) is 6.50. The highest BCUT2D eigenvalue weighted by atomic mass is 32.2. The summed E-state index contributed by atoms with van der Waals surface area (Å²) in [5.74, 6) is 0.355. The molecule has 0 N–H and O–H groups in total. The van der Waals surface area contributed by atoms with Crippen LogP contribution in [0.3, 0.4) is 0 Å². The molecule has 3 rings (SSSR count). The Morgan fingerprint density at radius 1 is 0.958 bits per heavy atom. The molecule has 0 unspecified atom stereocenters. The van der Waals surface area contributed by atoms with Crippen molar-refractivity contribution in [3.05, 3.63) is 66.0 Å². The number of hydrogen-bond acceptors (Lipinski definition) is 5. The van der Waals surface area contributed by atoms with Crippen LogP contribution in [0.4, 0.5) is 0 Å². The van der Waals surface area contributed by atoms with Gasteiger partial charge in [-0.3, -0.25) is 0 Å². The predicted molar refractivity (Wildman–Crippen MR) is 90.5 cm³/mol. The molecule has 0 saturated carbocycles. The van der Waals surface area contributed by atoms with E-state index in [1.165, 1.54) is 14.1 Å². The molecule has 7 nitrogen and oxygen atoms in total. The number of rotatable bonds is 5. The van der Waals surface area contributed by atoms with Gasteiger partial charge < -0.3 is 0 Å². The molecule has 24 heavy (non-hydrogen) atoms. The molecule has 1 heterocycles. The molecule has 0 spiro atoms. The maximum Gasteiger partial charge on any atom is 0.340 e. The Morgan fingerprint density at radius 3 is 2.21 bits per heavy atom. The lowest BCUT2D eigenvalue weighted by Gasteiger charge is -2.07. The van der Waals surface area contributed by atoms with E-state index in [0.717, 1.165) is 21.0 Å². The van der Waals surface area contributed by atoms with Crippen molar-refractivity contribution in [2.75, 3.05) is 14.1 Å². The quantitative estimate of drug-likeness (QED) is 0.703. The van der Waals surface area contributed by atoms with Crippen molar-refractivity contribution in [2.45, 2.75) is 6.42 Å². The fourth-order valence-electron chi connectivity index (χ4n) is 2.17. The Balaban J connectivity index is 1.77. The van der Waals surface area contributed by atoms with E-state index in [-0.39, 0.29) is 0 Å². The van der Waals surface area contributed by atoms with Crippen LogP contribution in [0, 0.1) is 0 Å². The second-order valence-corrected chi connectivity index (χ2v) is 7.41. The zero-order chi connectivity index (χ0) is 17.2. The monoisotopic (exact) mass is 343 g/mol. The Kier molecular flexibility index (Phi) is 4.41. The predicted octanol–water partition coefficient (Wildman–Crippen LogP) is 1.59. The first kappa shape index (κ1) is 16.3. The standard InChI is InChI=1S/C16H17N5O2S/c1-20(2)24(22,23)21-18-16(17-19-21)12-13-8-10-15(11-9-13)14-6-4-3-5-7-14/h3-11H,12H2,1-2H3. The van der Waals surface area contributed by atoms with Gasteiger partial charge in [-0.15, -0.1) is 10.2 Å². The second-order valence-electron chi connectivity index (χ2n) is 5.46. The van der Waals surface area contributed by atoms with Crippen molar-refractivity contribution in [3.8, 4) is 11.1 Å². The highest BCUT2D eigenvalue weighted by Gasteiger charge is 2.20. The fourth-order valence-corrected chi connectivity index (χ4v) is 2.79. The molecule has 0 aliphatic heterocycles. The van der Waals surface area contributed by atoms with Crippen LogP contribution >= 0.6 is 0 Å². The molecule has 0 radical (unpaired) electrons. The number of hydrogen-bond donors (Lipinski definition) is 0. The lowest BCUT2D eigenvalue weighted by Crippen LogP contribution is -2.30. The zero-order valence-electron chi connectivity index (χ0n) is 13.4. The highest BCUT2D eigenvalue weighted by Crippen LogP contribution is 2.19. The molecule has 0 aliphatic carbocycles. The van der Waals surface area contributed by atoms with Crippen molar-refractivity contribution in [2.24, 2.45) is 0 Å². The van der Waals surface area contributed by atoms with Crippen LogP contribution in [0.5, 0.6) is 0 Å². The van der Waals surface area contributed by atoms with Gasteiger partial charge in [0.05, 0.1) is 0 Å². The van der Waals surface area contributed by atoms with Crippen LogP contribution < -0.4 is 0 Å². The fraction of sp³-hybridized carbons (Fsp3) is 0.188. The first-order chi connectivity index (χ1) is 11.5. The Labute approximate surface area is 140 Å². The molecule has 2 aromatic carbocycles. The summed E-state index contributed by atoms with van der Waals surface area (Å²) in [6, 6.07) is 18.1. The number of benzene rings is 2. The number of aromatic nitrogens is 4. The van der Waals surface area contributed by atoms with Crippen LogP contribution in [0.1, 0.15) is 11.4 Å². The van der Waals surface area contributed by atoms with E-state index in [9.17, 15) is 8.42 Å². The van der Waals surface area contributed by atoms with E-state index in [2.05, 4.69) is 15.4 Å². The molecule has 124 valence electrons. The van der Waals surface area contributed by atoms with Crippen molar-refractivity contribution >= 4 is 10.2 Å². The average Bonchev–Trinajstić information content (AvgIpc) is 3.05. The van der Waals surface area contributed by atoms with Crippen LogP contribution in [-0.4, -0.2) is 46.4 Å². The summed E-state index contributed by atoms with van der Waals surface area (Å²) < 4.78 is 25.5. The first-order valence-electron chi connectivity index (χ1n) is 7.33. The third-order valence-electron chi connectivity index (χ3n) is 3.53. The van der Waals surface area contributed by atoms with Gasteiger partial charge in [0.15, 0.2) is 5.82 Å². The summed E-state index contributed by atoms with van der Waals surface area (Å²) >= 11 is 0. The average molecular weight is 343 g/mol. The van der Waals surface area contributed by atoms with Crippen LogP contribution in [0.15, 0.2) is 54.6 Å². The SMILES string of the molecule is CN(C)S(=O)(=O)n1nnc(Cc2ccc(-c3ccccc3)cc2)n1.